The predicted octanol–water partition coefficient (Wildman–Crippen LogP) is 2.83. The highest BCUT2D eigenvalue weighted by Crippen LogP contribution is 2.13. The molecule has 0 saturated carbocycles. The SMILES string of the molecule is CC(C)(C)OC(=O)N(CCCNC(=O)CCNS(=O)(=O)c1ccc(F)cc1)Cc1cccnc1. The van der Waals surface area contributed by atoms with Crippen molar-refractivity contribution < 1.29 is 27.1 Å². The summed E-state index contributed by atoms with van der Waals surface area (Å²) >= 11 is 0. The van der Waals surface area contributed by atoms with E-state index in [1.165, 1.54) is 0 Å². The molecule has 34 heavy (non-hydrogen) atoms. The molecule has 11 heteroatoms. The fourth-order valence-corrected chi connectivity index (χ4v) is 3.89. The molecule has 0 fully saturated rings. The fourth-order valence-electron chi connectivity index (χ4n) is 2.86. The van der Waals surface area contributed by atoms with Gasteiger partial charge in [-0.15, -0.1) is 0 Å². The van der Waals surface area contributed by atoms with Crippen molar-refractivity contribution in [3.05, 3.63) is 60.2 Å². The second-order valence-corrected chi connectivity index (χ2v) is 10.3. The summed E-state index contributed by atoms with van der Waals surface area (Å²) in [5.41, 5.74) is 0.213. The van der Waals surface area contributed by atoms with E-state index in [0.717, 1.165) is 29.8 Å². The molecular weight excluding hydrogens is 463 g/mol. The number of halogens is 1. The number of pyridine rings is 1. The van der Waals surface area contributed by atoms with Crippen LogP contribution in [-0.4, -0.2) is 55.5 Å². The van der Waals surface area contributed by atoms with Crippen molar-refractivity contribution in [3.8, 4) is 0 Å². The van der Waals surface area contributed by atoms with Crippen LogP contribution in [0, 0.1) is 5.82 Å². The molecule has 2 rings (SSSR count). The van der Waals surface area contributed by atoms with Gasteiger partial charge in [-0.3, -0.25) is 9.78 Å². The van der Waals surface area contributed by atoms with Gasteiger partial charge in [0.05, 0.1) is 11.4 Å². The molecule has 2 N–H and O–H groups in total. The van der Waals surface area contributed by atoms with E-state index >= 15 is 0 Å². The molecule has 0 radical (unpaired) electrons. The van der Waals surface area contributed by atoms with E-state index in [-0.39, 0.29) is 23.8 Å². The van der Waals surface area contributed by atoms with Crippen LogP contribution in [0.3, 0.4) is 0 Å². The molecule has 0 saturated heterocycles. The molecule has 1 heterocycles. The van der Waals surface area contributed by atoms with Crippen LogP contribution in [0.25, 0.3) is 0 Å². The number of rotatable bonds is 11. The van der Waals surface area contributed by atoms with Crippen molar-refractivity contribution in [1.82, 2.24) is 19.9 Å². The fraction of sp³-hybridized carbons (Fsp3) is 0.435. The number of nitrogens with zero attached hydrogens (tertiary/aromatic N) is 2. The van der Waals surface area contributed by atoms with E-state index in [1.54, 1.807) is 44.1 Å². The molecule has 186 valence electrons. The van der Waals surface area contributed by atoms with Gasteiger partial charge in [0.15, 0.2) is 0 Å². The monoisotopic (exact) mass is 494 g/mol. The van der Waals surface area contributed by atoms with Crippen molar-refractivity contribution in [2.45, 2.75) is 50.7 Å². The van der Waals surface area contributed by atoms with Crippen molar-refractivity contribution in [3.63, 3.8) is 0 Å². The second-order valence-electron chi connectivity index (χ2n) is 8.57. The normalized spacial score (nSPS) is 11.6. The molecule has 9 nitrogen and oxygen atoms in total. The first kappa shape index (κ1) is 27.2. The van der Waals surface area contributed by atoms with Crippen LogP contribution in [0.15, 0.2) is 53.7 Å². The molecule has 0 aliphatic heterocycles. The van der Waals surface area contributed by atoms with E-state index in [2.05, 4.69) is 15.0 Å². The average Bonchev–Trinajstić information content (AvgIpc) is 2.75. The summed E-state index contributed by atoms with van der Waals surface area (Å²) in [7, 11) is -3.82. The zero-order valence-corrected chi connectivity index (χ0v) is 20.4. The van der Waals surface area contributed by atoms with Gasteiger partial charge in [0.1, 0.15) is 11.4 Å². The van der Waals surface area contributed by atoms with Gasteiger partial charge in [0.2, 0.25) is 15.9 Å². The third-order valence-electron chi connectivity index (χ3n) is 4.44. The van der Waals surface area contributed by atoms with Gasteiger partial charge in [-0.1, -0.05) is 6.07 Å². The highest BCUT2D eigenvalue weighted by molar-refractivity contribution is 7.89. The van der Waals surface area contributed by atoms with Crippen molar-refractivity contribution in [1.29, 1.82) is 0 Å². The maximum Gasteiger partial charge on any atom is 0.410 e. The van der Waals surface area contributed by atoms with Crippen LogP contribution in [0.2, 0.25) is 0 Å². The molecule has 0 bridgehead atoms. The Hall–Kier alpha value is -3.05. The second kappa shape index (κ2) is 12.4. The Labute approximate surface area is 199 Å². The highest BCUT2D eigenvalue weighted by Gasteiger charge is 2.22. The average molecular weight is 495 g/mol. The van der Waals surface area contributed by atoms with E-state index in [4.69, 9.17) is 4.74 Å². The lowest BCUT2D eigenvalue weighted by Gasteiger charge is -2.27. The smallest absolute Gasteiger partial charge is 0.410 e. The number of nitrogens with one attached hydrogen (secondary N) is 2. The minimum atomic E-state index is -3.82. The molecular formula is C23H31FN4O5S. The lowest BCUT2D eigenvalue weighted by Crippen LogP contribution is -2.38. The minimum Gasteiger partial charge on any atom is -0.444 e. The van der Waals surface area contributed by atoms with Crippen LogP contribution in [0.5, 0.6) is 0 Å². The van der Waals surface area contributed by atoms with Gasteiger partial charge in [-0.25, -0.2) is 22.3 Å². The number of sulfonamides is 1. The van der Waals surface area contributed by atoms with Gasteiger partial charge >= 0.3 is 6.09 Å². The number of carbonyl (C=O) groups is 2. The van der Waals surface area contributed by atoms with Crippen LogP contribution in [0.4, 0.5) is 9.18 Å². The number of benzene rings is 1. The van der Waals surface area contributed by atoms with Crippen molar-refractivity contribution in [2.24, 2.45) is 0 Å². The van der Waals surface area contributed by atoms with E-state index in [9.17, 15) is 22.4 Å². The minimum absolute atomic E-state index is 0.0636. The largest absolute Gasteiger partial charge is 0.444 e. The molecule has 1 aromatic heterocycles. The topological polar surface area (TPSA) is 118 Å². The van der Waals surface area contributed by atoms with Crippen LogP contribution >= 0.6 is 0 Å². The molecule has 0 spiro atoms. The van der Waals surface area contributed by atoms with Gasteiger partial charge in [-0.2, -0.15) is 0 Å². The lowest BCUT2D eigenvalue weighted by molar-refractivity contribution is -0.120. The summed E-state index contributed by atoms with van der Waals surface area (Å²) in [6, 6.07) is 8.05. The number of ether oxygens (including phenoxy) is 1. The summed E-state index contributed by atoms with van der Waals surface area (Å²) in [5.74, 6) is -0.873. The Morgan fingerprint density at radius 3 is 2.44 bits per heavy atom. The first-order valence-corrected chi connectivity index (χ1v) is 12.3. The Kier molecular flexibility index (Phi) is 9.94. The Balaban J connectivity index is 1.77. The van der Waals surface area contributed by atoms with Crippen LogP contribution in [0.1, 0.15) is 39.2 Å². The maximum atomic E-state index is 13.0. The Morgan fingerprint density at radius 2 is 1.82 bits per heavy atom. The number of hydrogen-bond acceptors (Lipinski definition) is 6. The summed E-state index contributed by atoms with van der Waals surface area (Å²) in [5, 5.41) is 2.71. The first-order chi connectivity index (χ1) is 16.0. The molecule has 0 atom stereocenters. The third kappa shape index (κ3) is 9.84. The molecule has 0 unspecified atom stereocenters. The quantitative estimate of drug-likeness (QED) is 0.464. The number of hydrogen-bond donors (Lipinski definition) is 2. The highest BCUT2D eigenvalue weighted by atomic mass is 32.2. The summed E-state index contributed by atoms with van der Waals surface area (Å²) in [4.78, 5) is 30.2. The summed E-state index contributed by atoms with van der Waals surface area (Å²) in [6.45, 7) is 6.24. The lowest BCUT2D eigenvalue weighted by atomic mass is 10.2. The van der Waals surface area contributed by atoms with Gasteiger partial charge in [0.25, 0.3) is 0 Å². The van der Waals surface area contributed by atoms with E-state index in [0.29, 0.717) is 26.1 Å². The van der Waals surface area contributed by atoms with Crippen LogP contribution in [-0.2, 0) is 26.1 Å². The number of aromatic nitrogens is 1. The molecule has 0 aliphatic carbocycles. The third-order valence-corrected chi connectivity index (χ3v) is 5.92. The summed E-state index contributed by atoms with van der Waals surface area (Å²) in [6.07, 6.45) is 3.28. The van der Waals surface area contributed by atoms with E-state index < -0.39 is 27.5 Å². The Bertz CT molecular complexity index is 1040. The van der Waals surface area contributed by atoms with E-state index in [1.807, 2.05) is 6.07 Å². The zero-order chi connectivity index (χ0) is 25.2. The van der Waals surface area contributed by atoms with Gasteiger partial charge in [-0.05, 0) is 63.1 Å². The molecule has 2 amide bonds. The number of amides is 2. The zero-order valence-electron chi connectivity index (χ0n) is 19.6. The van der Waals surface area contributed by atoms with Gasteiger partial charge < -0.3 is 15.0 Å². The Morgan fingerprint density at radius 1 is 1.12 bits per heavy atom. The summed E-state index contributed by atoms with van der Waals surface area (Å²) < 4.78 is 45.0. The molecule has 2 aromatic rings. The van der Waals surface area contributed by atoms with Crippen molar-refractivity contribution in [2.75, 3.05) is 19.6 Å². The molecule has 0 aliphatic rings. The standard InChI is InChI=1S/C23H31FN4O5S/c1-23(2,3)33-22(30)28(17-18-6-4-12-25-16-18)15-5-13-26-21(29)11-14-27-34(31,32)20-9-7-19(24)8-10-20/h4,6-10,12,16,27H,5,11,13-15,17H2,1-3H3,(H,26,29). The number of carbonyl (C=O) groups excluding carboxylic acids is 2. The maximum absolute atomic E-state index is 13.0. The van der Waals surface area contributed by atoms with Crippen LogP contribution < -0.4 is 10.0 Å². The molecule has 1 aromatic carbocycles. The first-order valence-electron chi connectivity index (χ1n) is 10.8. The predicted molar refractivity (Wildman–Crippen MR) is 125 cm³/mol. The van der Waals surface area contributed by atoms with Gasteiger partial charge in [0, 0.05) is 38.4 Å². The van der Waals surface area contributed by atoms with Crippen molar-refractivity contribution >= 4 is 22.0 Å².